The SMILES string of the molecule is Nn1c(SCC(=O)Nc2ccc3c(c2)OCCO3)nnc1-c1ccccc1. The number of carbonyl (C=O) groups excluding carboxylic acids is 1. The van der Waals surface area contributed by atoms with Gasteiger partial charge in [-0.2, -0.15) is 0 Å². The zero-order chi connectivity index (χ0) is 18.6. The van der Waals surface area contributed by atoms with Gasteiger partial charge < -0.3 is 20.6 Å². The van der Waals surface area contributed by atoms with Crippen LogP contribution >= 0.6 is 11.8 Å². The number of thioether (sulfide) groups is 1. The van der Waals surface area contributed by atoms with Crippen LogP contribution in [0, 0.1) is 0 Å². The average Bonchev–Trinajstić information content (AvgIpc) is 3.07. The smallest absolute Gasteiger partial charge is 0.234 e. The summed E-state index contributed by atoms with van der Waals surface area (Å²) in [6.07, 6.45) is 0. The van der Waals surface area contributed by atoms with E-state index in [-0.39, 0.29) is 11.7 Å². The normalized spacial score (nSPS) is 12.6. The molecule has 9 heteroatoms. The van der Waals surface area contributed by atoms with Crippen molar-refractivity contribution in [3.8, 4) is 22.9 Å². The van der Waals surface area contributed by atoms with E-state index in [1.165, 1.54) is 16.4 Å². The van der Waals surface area contributed by atoms with Gasteiger partial charge in [0.05, 0.1) is 5.75 Å². The van der Waals surface area contributed by atoms with Crippen LogP contribution in [0.5, 0.6) is 11.5 Å². The van der Waals surface area contributed by atoms with E-state index in [2.05, 4.69) is 15.5 Å². The number of nitrogens with zero attached hydrogens (tertiary/aromatic N) is 3. The van der Waals surface area contributed by atoms with Crippen molar-refractivity contribution >= 4 is 23.4 Å². The molecule has 0 aliphatic carbocycles. The van der Waals surface area contributed by atoms with Gasteiger partial charge in [-0.3, -0.25) is 4.79 Å². The summed E-state index contributed by atoms with van der Waals surface area (Å²) in [6, 6.07) is 14.8. The molecule has 3 aromatic rings. The highest BCUT2D eigenvalue weighted by Gasteiger charge is 2.15. The number of amides is 1. The Bertz CT molecular complexity index is 961. The number of carbonyl (C=O) groups is 1. The molecular weight excluding hydrogens is 366 g/mol. The van der Waals surface area contributed by atoms with Gasteiger partial charge in [-0.1, -0.05) is 42.1 Å². The largest absolute Gasteiger partial charge is 0.486 e. The number of anilines is 1. The molecule has 4 rings (SSSR count). The molecule has 1 amide bonds. The fourth-order valence-corrected chi connectivity index (χ4v) is 3.26. The summed E-state index contributed by atoms with van der Waals surface area (Å²) in [5.41, 5.74) is 1.50. The van der Waals surface area contributed by atoms with E-state index in [1.807, 2.05) is 30.3 Å². The Labute approximate surface area is 159 Å². The van der Waals surface area contributed by atoms with Crippen molar-refractivity contribution in [2.45, 2.75) is 5.16 Å². The van der Waals surface area contributed by atoms with Gasteiger partial charge in [-0.05, 0) is 12.1 Å². The number of benzene rings is 2. The van der Waals surface area contributed by atoms with Gasteiger partial charge in [0, 0.05) is 17.3 Å². The van der Waals surface area contributed by atoms with E-state index >= 15 is 0 Å². The average molecular weight is 383 g/mol. The molecule has 0 bridgehead atoms. The third kappa shape index (κ3) is 3.82. The van der Waals surface area contributed by atoms with Crippen LogP contribution in [-0.2, 0) is 4.79 Å². The summed E-state index contributed by atoms with van der Waals surface area (Å²) in [5, 5.41) is 11.5. The quantitative estimate of drug-likeness (QED) is 0.514. The van der Waals surface area contributed by atoms with E-state index in [1.54, 1.807) is 18.2 Å². The molecular formula is C18H17N5O3S. The first-order valence-corrected chi connectivity index (χ1v) is 9.27. The third-order valence-corrected chi connectivity index (χ3v) is 4.80. The number of nitrogens with one attached hydrogen (secondary N) is 1. The predicted octanol–water partition coefficient (Wildman–Crippen LogP) is 2.16. The van der Waals surface area contributed by atoms with Crippen LogP contribution in [0.4, 0.5) is 5.69 Å². The van der Waals surface area contributed by atoms with Crippen LogP contribution in [0.3, 0.4) is 0 Å². The van der Waals surface area contributed by atoms with Crippen molar-refractivity contribution in [1.82, 2.24) is 14.9 Å². The second kappa shape index (κ2) is 7.58. The minimum absolute atomic E-state index is 0.151. The molecule has 138 valence electrons. The molecule has 0 radical (unpaired) electrons. The van der Waals surface area contributed by atoms with Gasteiger partial charge in [0.15, 0.2) is 17.3 Å². The summed E-state index contributed by atoms with van der Waals surface area (Å²) < 4.78 is 12.4. The van der Waals surface area contributed by atoms with Crippen molar-refractivity contribution < 1.29 is 14.3 Å². The molecule has 1 aromatic heterocycles. The number of ether oxygens (including phenoxy) is 2. The van der Waals surface area contributed by atoms with Gasteiger partial charge in [-0.15, -0.1) is 10.2 Å². The topological polar surface area (TPSA) is 104 Å². The minimum Gasteiger partial charge on any atom is -0.486 e. The molecule has 3 N–H and O–H groups in total. The third-order valence-electron chi connectivity index (χ3n) is 3.85. The standard InChI is InChI=1S/C18H17N5O3S/c19-23-17(12-4-2-1-3-5-12)21-22-18(23)27-11-16(24)20-13-6-7-14-15(10-13)26-9-8-25-14/h1-7,10H,8-9,11,19H2,(H,20,24). The molecule has 1 aliphatic heterocycles. The highest BCUT2D eigenvalue weighted by atomic mass is 32.2. The number of hydrogen-bond acceptors (Lipinski definition) is 7. The number of nitrogen functional groups attached to an aromatic ring is 1. The molecule has 2 aromatic carbocycles. The summed E-state index contributed by atoms with van der Waals surface area (Å²) in [5.74, 6) is 7.88. The molecule has 0 spiro atoms. The molecule has 0 saturated carbocycles. The Morgan fingerprint density at radius 3 is 2.70 bits per heavy atom. The maximum atomic E-state index is 12.2. The van der Waals surface area contributed by atoms with Crippen LogP contribution in [0.15, 0.2) is 53.7 Å². The van der Waals surface area contributed by atoms with Gasteiger partial charge in [0.2, 0.25) is 11.1 Å². The van der Waals surface area contributed by atoms with Gasteiger partial charge in [0.25, 0.3) is 0 Å². The van der Waals surface area contributed by atoms with Crippen LogP contribution in [0.25, 0.3) is 11.4 Å². The lowest BCUT2D eigenvalue weighted by atomic mass is 10.2. The molecule has 0 fully saturated rings. The van der Waals surface area contributed by atoms with Crippen LogP contribution in [-0.4, -0.2) is 39.7 Å². The zero-order valence-corrected chi connectivity index (χ0v) is 15.1. The number of nitrogens with two attached hydrogens (primary N) is 1. The van der Waals surface area contributed by atoms with Crippen LogP contribution < -0.4 is 20.6 Å². The number of aromatic nitrogens is 3. The lowest BCUT2D eigenvalue weighted by Crippen LogP contribution is -2.18. The first kappa shape index (κ1) is 17.2. The van der Waals surface area contributed by atoms with E-state index in [4.69, 9.17) is 15.3 Å². The van der Waals surface area contributed by atoms with Crippen molar-refractivity contribution in [1.29, 1.82) is 0 Å². The summed E-state index contributed by atoms with van der Waals surface area (Å²) in [4.78, 5) is 12.2. The highest BCUT2D eigenvalue weighted by molar-refractivity contribution is 7.99. The van der Waals surface area contributed by atoms with Gasteiger partial charge in [0.1, 0.15) is 13.2 Å². The molecule has 2 heterocycles. The molecule has 27 heavy (non-hydrogen) atoms. The first-order chi connectivity index (χ1) is 13.2. The maximum Gasteiger partial charge on any atom is 0.234 e. The maximum absolute atomic E-state index is 12.2. The number of fused-ring (bicyclic) bond motifs is 1. The summed E-state index contributed by atoms with van der Waals surface area (Å²) in [7, 11) is 0. The van der Waals surface area contributed by atoms with Crippen molar-refractivity contribution in [3.05, 3.63) is 48.5 Å². The first-order valence-electron chi connectivity index (χ1n) is 8.29. The molecule has 8 nitrogen and oxygen atoms in total. The molecule has 0 atom stereocenters. The monoisotopic (exact) mass is 383 g/mol. The van der Waals surface area contributed by atoms with Crippen molar-refractivity contribution in [2.24, 2.45) is 0 Å². The Morgan fingerprint density at radius 2 is 1.89 bits per heavy atom. The fourth-order valence-electron chi connectivity index (χ4n) is 2.61. The Balaban J connectivity index is 1.38. The molecule has 0 unspecified atom stereocenters. The lowest BCUT2D eigenvalue weighted by molar-refractivity contribution is -0.113. The zero-order valence-electron chi connectivity index (χ0n) is 14.3. The van der Waals surface area contributed by atoms with E-state index in [0.29, 0.717) is 41.4 Å². The Morgan fingerprint density at radius 1 is 1.11 bits per heavy atom. The number of hydrogen-bond donors (Lipinski definition) is 2. The Kier molecular flexibility index (Phi) is 4.84. The van der Waals surface area contributed by atoms with Crippen LogP contribution in [0.1, 0.15) is 0 Å². The molecule has 1 aliphatic rings. The second-order valence-electron chi connectivity index (χ2n) is 5.74. The van der Waals surface area contributed by atoms with Gasteiger partial charge in [-0.25, -0.2) is 4.68 Å². The highest BCUT2D eigenvalue weighted by Crippen LogP contribution is 2.32. The minimum atomic E-state index is -0.180. The lowest BCUT2D eigenvalue weighted by Gasteiger charge is -2.18. The number of rotatable bonds is 5. The Hall–Kier alpha value is -3.20. The second-order valence-corrected chi connectivity index (χ2v) is 6.68. The van der Waals surface area contributed by atoms with E-state index < -0.39 is 0 Å². The van der Waals surface area contributed by atoms with Crippen molar-refractivity contribution in [2.75, 3.05) is 30.1 Å². The van der Waals surface area contributed by atoms with Crippen LogP contribution in [0.2, 0.25) is 0 Å². The predicted molar refractivity (Wildman–Crippen MR) is 102 cm³/mol. The van der Waals surface area contributed by atoms with E-state index in [9.17, 15) is 4.79 Å². The van der Waals surface area contributed by atoms with E-state index in [0.717, 1.165) is 5.56 Å². The summed E-state index contributed by atoms with van der Waals surface area (Å²) >= 11 is 1.22. The van der Waals surface area contributed by atoms with Gasteiger partial charge >= 0.3 is 0 Å². The molecule has 0 saturated heterocycles. The fraction of sp³-hybridized carbons (Fsp3) is 0.167. The van der Waals surface area contributed by atoms with Crippen molar-refractivity contribution in [3.63, 3.8) is 0 Å². The summed E-state index contributed by atoms with van der Waals surface area (Å²) in [6.45, 7) is 1.02.